The van der Waals surface area contributed by atoms with Gasteiger partial charge in [0.25, 0.3) is 0 Å². The molecule has 2 atom stereocenters. The second-order valence-corrected chi connectivity index (χ2v) is 5.12. The molecular formula is C12H20O3. The van der Waals surface area contributed by atoms with E-state index >= 15 is 0 Å². The van der Waals surface area contributed by atoms with E-state index in [1.54, 1.807) is 0 Å². The van der Waals surface area contributed by atoms with Crippen molar-refractivity contribution in [2.24, 2.45) is 5.41 Å². The third-order valence-electron chi connectivity index (χ3n) is 2.52. The summed E-state index contributed by atoms with van der Waals surface area (Å²) in [5.41, 5.74) is 1.24. The molecule has 3 heteroatoms. The Hall–Kier alpha value is -0.830. The van der Waals surface area contributed by atoms with Crippen LogP contribution < -0.4 is 0 Å². The first-order valence-electron chi connectivity index (χ1n) is 5.28. The second-order valence-electron chi connectivity index (χ2n) is 5.12. The Morgan fingerprint density at radius 2 is 2.13 bits per heavy atom. The largest absolute Gasteiger partial charge is 0.463 e. The predicted octanol–water partition coefficient (Wildman–Crippen LogP) is 2.31. The van der Waals surface area contributed by atoms with Gasteiger partial charge in [-0.1, -0.05) is 26.8 Å². The first-order valence-corrected chi connectivity index (χ1v) is 5.28. The molecule has 1 heterocycles. The molecule has 0 saturated carbocycles. The van der Waals surface area contributed by atoms with Gasteiger partial charge in [-0.15, -0.1) is 0 Å². The fraction of sp³-hybridized carbons (Fsp3) is 0.750. The summed E-state index contributed by atoms with van der Waals surface area (Å²) in [6.45, 7) is 10.2. The van der Waals surface area contributed by atoms with Crippen LogP contribution in [0.3, 0.4) is 0 Å². The highest BCUT2D eigenvalue weighted by Gasteiger charge is 2.32. The van der Waals surface area contributed by atoms with Crippen LogP contribution in [0.25, 0.3) is 0 Å². The van der Waals surface area contributed by atoms with Crippen LogP contribution in [-0.2, 0) is 14.3 Å². The average Bonchev–Trinajstić information content (AvgIpc) is 2.42. The second kappa shape index (κ2) is 4.35. The van der Waals surface area contributed by atoms with E-state index < -0.39 is 0 Å². The van der Waals surface area contributed by atoms with Gasteiger partial charge in [0.1, 0.15) is 12.7 Å². The third kappa shape index (κ3) is 3.34. The zero-order valence-corrected chi connectivity index (χ0v) is 10.2. The number of carbonyl (C=O) groups excluding carboxylic acids is 1. The van der Waals surface area contributed by atoms with Gasteiger partial charge in [-0.2, -0.15) is 0 Å². The number of rotatable bonds is 2. The van der Waals surface area contributed by atoms with Crippen molar-refractivity contribution >= 4 is 5.97 Å². The first-order chi connectivity index (χ1) is 6.80. The molecule has 1 aliphatic rings. The highest BCUT2D eigenvalue weighted by atomic mass is 16.6. The van der Waals surface area contributed by atoms with Gasteiger partial charge < -0.3 is 9.47 Å². The zero-order valence-electron chi connectivity index (χ0n) is 10.2. The van der Waals surface area contributed by atoms with E-state index in [2.05, 4.69) is 26.8 Å². The van der Waals surface area contributed by atoms with Gasteiger partial charge in [-0.25, -0.2) is 0 Å². The van der Waals surface area contributed by atoms with Crippen molar-refractivity contribution in [1.82, 2.24) is 0 Å². The summed E-state index contributed by atoms with van der Waals surface area (Å²) in [7, 11) is 0. The zero-order chi connectivity index (χ0) is 11.6. The quantitative estimate of drug-likeness (QED) is 0.520. The van der Waals surface area contributed by atoms with E-state index in [0.717, 1.165) is 5.57 Å². The van der Waals surface area contributed by atoms with Crippen molar-refractivity contribution in [3.63, 3.8) is 0 Å². The van der Waals surface area contributed by atoms with Gasteiger partial charge in [-0.05, 0) is 17.9 Å². The van der Waals surface area contributed by atoms with Crippen molar-refractivity contribution in [2.45, 2.75) is 46.8 Å². The smallest absolute Gasteiger partial charge is 0.302 e. The van der Waals surface area contributed by atoms with E-state index in [9.17, 15) is 4.79 Å². The molecule has 0 spiro atoms. The monoisotopic (exact) mass is 212 g/mol. The Morgan fingerprint density at radius 3 is 2.53 bits per heavy atom. The topological polar surface area (TPSA) is 35.5 Å². The molecule has 0 N–H and O–H groups in total. The van der Waals surface area contributed by atoms with Crippen LogP contribution in [0.1, 0.15) is 34.6 Å². The Morgan fingerprint density at radius 1 is 1.53 bits per heavy atom. The normalized spacial score (nSPS) is 26.3. The van der Waals surface area contributed by atoms with Gasteiger partial charge >= 0.3 is 5.97 Å². The highest BCUT2D eigenvalue weighted by molar-refractivity contribution is 5.65. The molecule has 0 aromatic rings. The number of hydrogen-bond donors (Lipinski definition) is 0. The van der Waals surface area contributed by atoms with E-state index in [4.69, 9.17) is 9.47 Å². The van der Waals surface area contributed by atoms with Crippen LogP contribution in [0.5, 0.6) is 0 Å². The summed E-state index contributed by atoms with van der Waals surface area (Å²) in [5, 5.41) is 0. The van der Waals surface area contributed by atoms with Crippen molar-refractivity contribution in [1.29, 1.82) is 0 Å². The molecule has 1 rings (SSSR count). The lowest BCUT2D eigenvalue weighted by molar-refractivity contribution is -0.145. The Labute approximate surface area is 91.4 Å². The van der Waals surface area contributed by atoms with Crippen molar-refractivity contribution in [2.75, 3.05) is 6.61 Å². The van der Waals surface area contributed by atoms with Gasteiger partial charge in [0.2, 0.25) is 0 Å². The SMILES string of the molecule is CC(=O)OC[C@@H]1O[C@H](C(C)(C)C)C=C1C. The summed E-state index contributed by atoms with van der Waals surface area (Å²) in [4.78, 5) is 10.7. The van der Waals surface area contributed by atoms with E-state index in [-0.39, 0.29) is 23.6 Å². The minimum Gasteiger partial charge on any atom is -0.463 e. The minimum atomic E-state index is -0.259. The van der Waals surface area contributed by atoms with Crippen LogP contribution in [-0.4, -0.2) is 24.8 Å². The van der Waals surface area contributed by atoms with E-state index in [0.29, 0.717) is 6.61 Å². The molecule has 0 fully saturated rings. The Bertz CT molecular complexity index is 273. The Kier molecular flexibility index (Phi) is 3.55. The average molecular weight is 212 g/mol. The van der Waals surface area contributed by atoms with Crippen molar-refractivity contribution in [3.05, 3.63) is 11.6 Å². The minimum absolute atomic E-state index is 0.0712. The number of carbonyl (C=O) groups is 1. The molecule has 0 radical (unpaired) electrons. The Balaban J connectivity index is 2.53. The van der Waals surface area contributed by atoms with Gasteiger partial charge in [0, 0.05) is 6.92 Å². The fourth-order valence-corrected chi connectivity index (χ4v) is 1.49. The van der Waals surface area contributed by atoms with E-state index in [1.807, 2.05) is 6.92 Å². The van der Waals surface area contributed by atoms with Gasteiger partial charge in [-0.3, -0.25) is 4.79 Å². The van der Waals surface area contributed by atoms with Gasteiger partial charge in [0.15, 0.2) is 0 Å². The van der Waals surface area contributed by atoms with Crippen LogP contribution in [0.4, 0.5) is 0 Å². The van der Waals surface area contributed by atoms with E-state index in [1.165, 1.54) is 6.92 Å². The summed E-state index contributed by atoms with van der Waals surface area (Å²) in [6, 6.07) is 0. The highest BCUT2D eigenvalue weighted by Crippen LogP contribution is 2.31. The predicted molar refractivity (Wildman–Crippen MR) is 58.5 cm³/mol. The molecule has 1 aliphatic heterocycles. The fourth-order valence-electron chi connectivity index (χ4n) is 1.49. The standard InChI is InChI=1S/C12H20O3/c1-8-6-11(12(3,4)5)15-10(8)7-14-9(2)13/h6,10-11H,7H2,1-5H3/t10-,11-/m0/s1. The molecule has 0 aromatic heterocycles. The molecule has 0 aliphatic carbocycles. The third-order valence-corrected chi connectivity index (χ3v) is 2.52. The molecular weight excluding hydrogens is 192 g/mol. The molecule has 0 bridgehead atoms. The number of ether oxygens (including phenoxy) is 2. The molecule has 0 saturated heterocycles. The molecule has 0 unspecified atom stereocenters. The maximum atomic E-state index is 10.7. The summed E-state index contributed by atoms with van der Waals surface area (Å²) >= 11 is 0. The lowest BCUT2D eigenvalue weighted by atomic mass is 9.89. The molecule has 15 heavy (non-hydrogen) atoms. The maximum Gasteiger partial charge on any atom is 0.302 e. The van der Waals surface area contributed by atoms with Crippen LogP contribution >= 0.6 is 0 Å². The molecule has 3 nitrogen and oxygen atoms in total. The van der Waals surface area contributed by atoms with Crippen molar-refractivity contribution in [3.8, 4) is 0 Å². The van der Waals surface area contributed by atoms with Crippen LogP contribution in [0.2, 0.25) is 0 Å². The molecule has 0 aromatic carbocycles. The van der Waals surface area contributed by atoms with Crippen LogP contribution in [0.15, 0.2) is 11.6 Å². The lowest BCUT2D eigenvalue weighted by Gasteiger charge is -2.26. The number of esters is 1. The molecule has 86 valence electrons. The van der Waals surface area contributed by atoms with Crippen molar-refractivity contribution < 1.29 is 14.3 Å². The lowest BCUT2D eigenvalue weighted by Crippen LogP contribution is -2.29. The summed E-state index contributed by atoms with van der Waals surface area (Å²) in [5.74, 6) is -0.259. The maximum absolute atomic E-state index is 10.7. The number of hydrogen-bond acceptors (Lipinski definition) is 3. The summed E-state index contributed by atoms with van der Waals surface area (Å²) < 4.78 is 10.8. The summed E-state index contributed by atoms with van der Waals surface area (Å²) in [6.07, 6.45) is 2.16. The van der Waals surface area contributed by atoms with Crippen LogP contribution in [0, 0.1) is 5.41 Å². The first kappa shape index (κ1) is 12.2. The van der Waals surface area contributed by atoms with Gasteiger partial charge in [0.05, 0.1) is 6.10 Å². The molecule has 0 amide bonds.